The van der Waals surface area contributed by atoms with Crippen LogP contribution in [0.5, 0.6) is 5.75 Å². The number of phenolic OH excluding ortho intramolecular Hbond substituents is 1. The second-order valence-corrected chi connectivity index (χ2v) is 5.31. The normalized spacial score (nSPS) is 10.2. The van der Waals surface area contributed by atoms with Gasteiger partial charge in [0.05, 0.1) is 6.61 Å². The Bertz CT molecular complexity index is 293. The minimum absolute atomic E-state index is 0.322. The van der Waals surface area contributed by atoms with Crippen molar-refractivity contribution in [2.45, 2.75) is 51.9 Å². The third kappa shape index (κ3) is 15.4. The molecule has 5 heteroatoms. The molecular weight excluding hydrogens is 275 g/mol. The zero-order valence-electron chi connectivity index (χ0n) is 12.2. The van der Waals surface area contributed by atoms with E-state index in [2.05, 4.69) is 11.4 Å². The van der Waals surface area contributed by atoms with Gasteiger partial charge in [0, 0.05) is 0 Å². The van der Waals surface area contributed by atoms with Crippen LogP contribution in [0.25, 0.3) is 0 Å². The van der Waals surface area contributed by atoms with Crippen molar-refractivity contribution in [3.8, 4) is 5.75 Å². The Balaban J connectivity index is 0.000000428. The second-order valence-electron chi connectivity index (χ2n) is 4.54. The zero-order valence-corrected chi connectivity index (χ0v) is 13.1. The van der Waals surface area contributed by atoms with Crippen LogP contribution in [0.4, 0.5) is 0 Å². The van der Waals surface area contributed by atoms with Gasteiger partial charge in [0.15, 0.2) is 0 Å². The second kappa shape index (κ2) is 14.7. The Hall–Kier alpha value is -0.670. The minimum Gasteiger partial charge on any atom is -0.508 e. The van der Waals surface area contributed by atoms with E-state index >= 15 is 0 Å². The summed E-state index contributed by atoms with van der Waals surface area (Å²) in [6.07, 6.45) is 8.53. The molecule has 0 saturated carbocycles. The standard InChI is InChI=1S/C9H21O3P.C6H6O/c1-2-3-4-5-6-7-8-9-12-13(10)11;7-6-4-2-1-3-5-6/h10-11H,2-9H2,1H3;1-5,7H. The van der Waals surface area contributed by atoms with Crippen molar-refractivity contribution >= 4 is 8.60 Å². The van der Waals surface area contributed by atoms with Crippen molar-refractivity contribution in [1.82, 2.24) is 0 Å². The zero-order chi connectivity index (χ0) is 15.1. The van der Waals surface area contributed by atoms with E-state index in [1.165, 1.54) is 32.1 Å². The first-order valence-electron chi connectivity index (χ1n) is 7.21. The average Bonchev–Trinajstić information content (AvgIpc) is 2.43. The Morgan fingerprint density at radius 2 is 1.45 bits per heavy atom. The number of para-hydroxylation sites is 1. The monoisotopic (exact) mass is 302 g/mol. The average molecular weight is 302 g/mol. The highest BCUT2D eigenvalue weighted by atomic mass is 31.2. The van der Waals surface area contributed by atoms with Crippen LogP contribution in [-0.4, -0.2) is 21.5 Å². The summed E-state index contributed by atoms with van der Waals surface area (Å²) in [5, 5.41) is 8.63. The lowest BCUT2D eigenvalue weighted by Gasteiger charge is -2.03. The van der Waals surface area contributed by atoms with Crippen LogP contribution >= 0.6 is 8.60 Å². The number of hydrogen-bond donors (Lipinski definition) is 3. The third-order valence-electron chi connectivity index (χ3n) is 2.71. The van der Waals surface area contributed by atoms with E-state index in [9.17, 15) is 0 Å². The molecule has 4 nitrogen and oxygen atoms in total. The van der Waals surface area contributed by atoms with E-state index < -0.39 is 8.60 Å². The number of rotatable bonds is 9. The summed E-state index contributed by atoms with van der Waals surface area (Å²) in [6.45, 7) is 2.69. The number of phenols is 1. The maximum atomic E-state index is 8.63. The van der Waals surface area contributed by atoms with E-state index in [1.54, 1.807) is 24.3 Å². The summed E-state index contributed by atoms with van der Waals surface area (Å²) in [5.74, 6) is 0.322. The maximum Gasteiger partial charge on any atom is 0.327 e. The highest BCUT2D eigenvalue weighted by Crippen LogP contribution is 2.24. The number of benzene rings is 1. The largest absolute Gasteiger partial charge is 0.508 e. The fourth-order valence-electron chi connectivity index (χ4n) is 1.63. The van der Waals surface area contributed by atoms with E-state index in [0.717, 1.165) is 12.8 Å². The Kier molecular flexibility index (Phi) is 14.2. The highest BCUT2D eigenvalue weighted by Gasteiger charge is 1.97. The van der Waals surface area contributed by atoms with Crippen molar-refractivity contribution in [3.05, 3.63) is 30.3 Å². The molecule has 3 N–H and O–H groups in total. The van der Waals surface area contributed by atoms with Crippen LogP contribution in [0, 0.1) is 0 Å². The minimum atomic E-state index is -2.13. The first kappa shape index (κ1) is 19.3. The van der Waals surface area contributed by atoms with Crippen molar-refractivity contribution < 1.29 is 19.4 Å². The summed E-state index contributed by atoms with van der Waals surface area (Å²) < 4.78 is 4.65. The van der Waals surface area contributed by atoms with Gasteiger partial charge in [-0.25, -0.2) is 0 Å². The molecule has 0 atom stereocenters. The molecule has 0 fully saturated rings. The first-order valence-corrected chi connectivity index (χ1v) is 8.38. The summed E-state index contributed by atoms with van der Waals surface area (Å²) in [5.41, 5.74) is 0. The molecule has 0 aliphatic rings. The van der Waals surface area contributed by atoms with E-state index in [0.29, 0.717) is 12.4 Å². The van der Waals surface area contributed by atoms with Gasteiger partial charge >= 0.3 is 8.60 Å². The van der Waals surface area contributed by atoms with Crippen LogP contribution in [-0.2, 0) is 4.52 Å². The molecular formula is C15H27O4P. The van der Waals surface area contributed by atoms with Crippen LogP contribution in [0.15, 0.2) is 30.3 Å². The molecule has 1 aromatic rings. The molecule has 116 valence electrons. The van der Waals surface area contributed by atoms with Gasteiger partial charge in [-0.1, -0.05) is 63.6 Å². The van der Waals surface area contributed by atoms with Gasteiger partial charge in [0.1, 0.15) is 5.75 Å². The molecule has 0 radical (unpaired) electrons. The van der Waals surface area contributed by atoms with Crippen LogP contribution in [0.1, 0.15) is 51.9 Å². The topological polar surface area (TPSA) is 69.9 Å². The van der Waals surface area contributed by atoms with Gasteiger partial charge in [-0.3, -0.25) is 0 Å². The van der Waals surface area contributed by atoms with Crippen LogP contribution in [0.2, 0.25) is 0 Å². The van der Waals surface area contributed by atoms with E-state index in [-0.39, 0.29) is 0 Å². The molecule has 20 heavy (non-hydrogen) atoms. The molecule has 0 bridgehead atoms. The lowest BCUT2D eigenvalue weighted by molar-refractivity contribution is 0.248. The molecule has 1 aromatic carbocycles. The molecule has 0 amide bonds. The van der Waals surface area contributed by atoms with Gasteiger partial charge in [0.25, 0.3) is 0 Å². The lowest BCUT2D eigenvalue weighted by atomic mass is 10.1. The fourth-order valence-corrected chi connectivity index (χ4v) is 1.93. The number of aromatic hydroxyl groups is 1. The van der Waals surface area contributed by atoms with E-state index in [4.69, 9.17) is 14.9 Å². The summed E-state index contributed by atoms with van der Waals surface area (Å²) in [4.78, 5) is 16.8. The summed E-state index contributed by atoms with van der Waals surface area (Å²) >= 11 is 0. The quantitative estimate of drug-likeness (QED) is 0.468. The highest BCUT2D eigenvalue weighted by molar-refractivity contribution is 7.39. The van der Waals surface area contributed by atoms with E-state index in [1.807, 2.05) is 6.07 Å². The van der Waals surface area contributed by atoms with Crippen molar-refractivity contribution in [2.24, 2.45) is 0 Å². The molecule has 0 aliphatic heterocycles. The van der Waals surface area contributed by atoms with Crippen LogP contribution in [0.3, 0.4) is 0 Å². The van der Waals surface area contributed by atoms with Gasteiger partial charge in [0.2, 0.25) is 0 Å². The summed E-state index contributed by atoms with van der Waals surface area (Å²) in [7, 11) is -2.13. The molecule has 0 unspecified atom stereocenters. The van der Waals surface area contributed by atoms with Gasteiger partial charge in [-0.15, -0.1) is 0 Å². The molecule has 0 spiro atoms. The van der Waals surface area contributed by atoms with Gasteiger partial charge in [-0.05, 0) is 18.6 Å². The van der Waals surface area contributed by atoms with Crippen LogP contribution < -0.4 is 0 Å². The van der Waals surface area contributed by atoms with Crippen molar-refractivity contribution in [3.63, 3.8) is 0 Å². The predicted molar refractivity (Wildman–Crippen MR) is 83.4 cm³/mol. The Morgan fingerprint density at radius 1 is 0.900 bits per heavy atom. The van der Waals surface area contributed by atoms with Crippen molar-refractivity contribution in [2.75, 3.05) is 6.61 Å². The third-order valence-corrected chi connectivity index (χ3v) is 3.12. The molecule has 0 aromatic heterocycles. The van der Waals surface area contributed by atoms with Crippen molar-refractivity contribution in [1.29, 1.82) is 0 Å². The van der Waals surface area contributed by atoms with Gasteiger partial charge < -0.3 is 19.4 Å². The smallest absolute Gasteiger partial charge is 0.327 e. The summed E-state index contributed by atoms with van der Waals surface area (Å²) in [6, 6.07) is 8.71. The molecule has 0 heterocycles. The predicted octanol–water partition coefficient (Wildman–Crippen LogP) is 4.36. The molecule has 0 saturated heterocycles. The Labute approximate surface area is 123 Å². The maximum absolute atomic E-state index is 8.63. The number of hydrogen-bond acceptors (Lipinski definition) is 4. The Morgan fingerprint density at radius 3 is 1.90 bits per heavy atom. The molecule has 1 rings (SSSR count). The fraction of sp³-hybridized carbons (Fsp3) is 0.600. The first-order chi connectivity index (χ1) is 9.66. The molecule has 0 aliphatic carbocycles. The number of unbranched alkanes of at least 4 members (excludes halogenated alkanes) is 6. The lowest BCUT2D eigenvalue weighted by Crippen LogP contribution is -1.89. The van der Waals surface area contributed by atoms with Gasteiger partial charge in [-0.2, -0.15) is 0 Å². The SMILES string of the molecule is CCCCCCCCCOP(O)O.Oc1ccccc1.